The molecule has 0 unspecified atom stereocenters. The zero-order chi connectivity index (χ0) is 23.5. The molecular weight excluding hydrogens is 434 g/mol. The molecule has 3 rings (SSSR count). The average molecular weight is 464 g/mol. The Morgan fingerprint density at radius 1 is 1.03 bits per heavy atom. The largest absolute Gasteiger partial charge is 0.467 e. The van der Waals surface area contributed by atoms with Crippen LogP contribution in [-0.4, -0.2) is 47.6 Å². The van der Waals surface area contributed by atoms with E-state index >= 15 is 0 Å². The van der Waals surface area contributed by atoms with Crippen LogP contribution in [0.1, 0.15) is 11.3 Å². The molecule has 6 nitrogen and oxygen atoms in total. The van der Waals surface area contributed by atoms with Crippen molar-refractivity contribution in [1.82, 2.24) is 9.80 Å². The van der Waals surface area contributed by atoms with Gasteiger partial charge in [-0.1, -0.05) is 36.4 Å². The Labute approximate surface area is 199 Å². The highest BCUT2D eigenvalue weighted by Crippen LogP contribution is 2.18. The lowest BCUT2D eigenvalue weighted by Gasteiger charge is -2.27. The summed E-state index contributed by atoms with van der Waals surface area (Å²) < 4.78 is 5.46. The Bertz CT molecular complexity index is 1020. The van der Waals surface area contributed by atoms with Gasteiger partial charge >= 0.3 is 6.03 Å². The lowest BCUT2D eigenvalue weighted by atomic mass is 10.1. The minimum absolute atomic E-state index is 0.0593. The molecule has 33 heavy (non-hydrogen) atoms. The summed E-state index contributed by atoms with van der Waals surface area (Å²) in [6, 6.07) is 20.9. The Morgan fingerprint density at radius 2 is 1.79 bits per heavy atom. The van der Waals surface area contributed by atoms with Crippen LogP contribution in [0.5, 0.6) is 0 Å². The molecule has 0 spiro atoms. The Morgan fingerprint density at radius 3 is 2.42 bits per heavy atom. The van der Waals surface area contributed by atoms with Crippen LogP contribution in [0, 0.1) is 0 Å². The molecule has 0 aliphatic rings. The minimum Gasteiger partial charge on any atom is -0.467 e. The molecule has 3 amide bonds. The van der Waals surface area contributed by atoms with E-state index in [9.17, 15) is 9.59 Å². The van der Waals surface area contributed by atoms with Crippen molar-refractivity contribution in [2.24, 2.45) is 0 Å². The van der Waals surface area contributed by atoms with Crippen molar-refractivity contribution in [1.29, 1.82) is 0 Å². The van der Waals surface area contributed by atoms with Gasteiger partial charge in [-0.25, -0.2) is 4.79 Å². The number of rotatable bonds is 11. The van der Waals surface area contributed by atoms with Gasteiger partial charge in [-0.2, -0.15) is 0 Å². The summed E-state index contributed by atoms with van der Waals surface area (Å²) in [6.07, 6.45) is 5.92. The number of anilines is 1. The van der Waals surface area contributed by atoms with E-state index in [1.807, 2.05) is 66.9 Å². The maximum atomic E-state index is 13.2. The number of benzene rings is 2. The predicted octanol–water partition coefficient (Wildman–Crippen LogP) is 5.29. The number of nitrogens with zero attached hydrogens (tertiary/aromatic N) is 2. The lowest BCUT2D eigenvalue weighted by Crippen LogP contribution is -2.44. The Kier molecular flexibility index (Phi) is 9.20. The fraction of sp³-hybridized carbons (Fsp3) is 0.231. The van der Waals surface area contributed by atoms with E-state index in [1.54, 1.807) is 35.1 Å². The number of nitrogens with one attached hydrogen (secondary N) is 1. The summed E-state index contributed by atoms with van der Waals surface area (Å²) in [4.78, 5) is 30.4. The lowest BCUT2D eigenvalue weighted by molar-refractivity contribution is -0.132. The van der Waals surface area contributed by atoms with Crippen molar-refractivity contribution in [3.8, 4) is 0 Å². The third kappa shape index (κ3) is 7.57. The second-order valence-corrected chi connectivity index (χ2v) is 8.34. The molecule has 0 fully saturated rings. The number of carbonyl (C=O) groups is 2. The van der Waals surface area contributed by atoms with Crippen molar-refractivity contribution in [3.63, 3.8) is 0 Å². The second-order valence-electron chi connectivity index (χ2n) is 7.46. The highest BCUT2D eigenvalue weighted by atomic mass is 32.2. The number of hydrogen-bond donors (Lipinski definition) is 1. The molecule has 0 radical (unpaired) electrons. The van der Waals surface area contributed by atoms with E-state index in [1.165, 1.54) is 4.90 Å². The first-order chi connectivity index (χ1) is 16.1. The first-order valence-corrected chi connectivity index (χ1v) is 12.0. The van der Waals surface area contributed by atoms with Crippen LogP contribution in [0.2, 0.25) is 0 Å². The van der Waals surface area contributed by atoms with E-state index in [0.29, 0.717) is 31.0 Å². The van der Waals surface area contributed by atoms with Gasteiger partial charge < -0.3 is 19.5 Å². The number of hydrogen-bond acceptors (Lipinski definition) is 4. The Hall–Kier alpha value is -3.45. The van der Waals surface area contributed by atoms with Crippen molar-refractivity contribution in [3.05, 3.63) is 97.0 Å². The quantitative estimate of drug-likeness (QED) is 0.310. The van der Waals surface area contributed by atoms with E-state index in [-0.39, 0.29) is 25.0 Å². The van der Waals surface area contributed by atoms with Gasteiger partial charge in [-0.3, -0.25) is 4.79 Å². The number of urea groups is 1. The molecule has 2 aromatic carbocycles. The van der Waals surface area contributed by atoms with Crippen LogP contribution >= 0.6 is 11.8 Å². The first-order valence-electron chi connectivity index (χ1n) is 10.7. The van der Waals surface area contributed by atoms with Gasteiger partial charge in [-0.15, -0.1) is 18.3 Å². The number of furan rings is 1. The summed E-state index contributed by atoms with van der Waals surface area (Å²) in [7, 11) is 0. The fourth-order valence-electron chi connectivity index (χ4n) is 3.31. The molecule has 0 saturated heterocycles. The Balaban J connectivity index is 1.67. The number of thioether (sulfide) groups is 1. The van der Waals surface area contributed by atoms with Crippen LogP contribution < -0.4 is 5.32 Å². The molecule has 1 aromatic heterocycles. The smallest absolute Gasteiger partial charge is 0.322 e. The van der Waals surface area contributed by atoms with Crippen LogP contribution in [0.4, 0.5) is 10.5 Å². The molecule has 7 heteroatoms. The SMILES string of the molecule is C=CCN(CC(=O)N(CCc1ccccc1)Cc1ccco1)C(=O)Nc1ccc(SC)cc1. The van der Waals surface area contributed by atoms with Gasteiger partial charge in [0, 0.05) is 23.7 Å². The van der Waals surface area contributed by atoms with E-state index in [0.717, 1.165) is 10.5 Å². The predicted molar refractivity (Wildman–Crippen MR) is 133 cm³/mol. The van der Waals surface area contributed by atoms with Gasteiger partial charge in [-0.05, 0) is 54.6 Å². The summed E-state index contributed by atoms with van der Waals surface area (Å²) in [5, 5.41) is 2.87. The van der Waals surface area contributed by atoms with Crippen molar-refractivity contribution in [2.45, 2.75) is 17.9 Å². The summed E-state index contributed by atoms with van der Waals surface area (Å²) in [5.41, 5.74) is 1.82. The fourth-order valence-corrected chi connectivity index (χ4v) is 3.71. The molecule has 1 heterocycles. The zero-order valence-corrected chi connectivity index (χ0v) is 19.6. The van der Waals surface area contributed by atoms with Crippen molar-refractivity contribution < 1.29 is 14.0 Å². The minimum atomic E-state index is -0.346. The topological polar surface area (TPSA) is 65.8 Å². The number of carbonyl (C=O) groups excluding carboxylic acids is 2. The zero-order valence-electron chi connectivity index (χ0n) is 18.8. The molecule has 0 saturated carbocycles. The van der Waals surface area contributed by atoms with Crippen LogP contribution in [-0.2, 0) is 17.8 Å². The maximum absolute atomic E-state index is 13.2. The van der Waals surface area contributed by atoms with E-state index in [4.69, 9.17) is 4.42 Å². The van der Waals surface area contributed by atoms with Crippen molar-refractivity contribution >= 4 is 29.4 Å². The highest BCUT2D eigenvalue weighted by Gasteiger charge is 2.21. The second kappa shape index (κ2) is 12.6. The van der Waals surface area contributed by atoms with Crippen LogP contribution in [0.15, 0.2) is 95.0 Å². The third-order valence-electron chi connectivity index (χ3n) is 5.10. The van der Waals surface area contributed by atoms with Crippen LogP contribution in [0.3, 0.4) is 0 Å². The summed E-state index contributed by atoms with van der Waals surface area (Å²) in [6.45, 7) is 4.80. The van der Waals surface area contributed by atoms with Crippen LogP contribution in [0.25, 0.3) is 0 Å². The molecule has 3 aromatic rings. The molecule has 0 atom stereocenters. The highest BCUT2D eigenvalue weighted by molar-refractivity contribution is 7.98. The standard InChI is InChI=1S/C26H29N3O3S/c1-3-16-29(26(31)27-22-11-13-24(33-2)14-12-22)20-25(30)28(19-23-10-7-18-32-23)17-15-21-8-5-4-6-9-21/h3-14,18H,1,15-17,19-20H2,2H3,(H,27,31). The van der Waals surface area contributed by atoms with Gasteiger partial charge in [0.2, 0.25) is 5.91 Å². The first kappa shape index (κ1) is 24.2. The molecule has 0 bridgehead atoms. The summed E-state index contributed by atoms with van der Waals surface area (Å²) >= 11 is 1.63. The van der Waals surface area contributed by atoms with Gasteiger partial charge in [0.05, 0.1) is 12.8 Å². The van der Waals surface area contributed by atoms with E-state index < -0.39 is 0 Å². The summed E-state index contributed by atoms with van der Waals surface area (Å²) in [5.74, 6) is 0.544. The molecule has 0 aliphatic heterocycles. The molecule has 0 aliphatic carbocycles. The van der Waals surface area contributed by atoms with Crippen molar-refractivity contribution in [2.75, 3.05) is 31.2 Å². The molecule has 172 valence electrons. The van der Waals surface area contributed by atoms with E-state index in [2.05, 4.69) is 11.9 Å². The molecule has 1 N–H and O–H groups in total. The van der Waals surface area contributed by atoms with Gasteiger partial charge in [0.1, 0.15) is 12.3 Å². The van der Waals surface area contributed by atoms with Gasteiger partial charge in [0.25, 0.3) is 0 Å². The number of amides is 3. The maximum Gasteiger partial charge on any atom is 0.322 e. The molecular formula is C26H29N3O3S. The monoisotopic (exact) mass is 463 g/mol. The normalized spacial score (nSPS) is 10.5. The van der Waals surface area contributed by atoms with Gasteiger partial charge in [0.15, 0.2) is 0 Å². The average Bonchev–Trinajstić information content (AvgIpc) is 3.35. The third-order valence-corrected chi connectivity index (χ3v) is 5.84.